The smallest absolute Gasteiger partial charge is 0.170 e. The number of fused-ring (bicyclic) bond motifs is 6. The van der Waals surface area contributed by atoms with Crippen molar-refractivity contribution in [2.45, 2.75) is 41.5 Å². The van der Waals surface area contributed by atoms with Crippen molar-refractivity contribution in [2.75, 3.05) is 0 Å². The van der Waals surface area contributed by atoms with E-state index in [2.05, 4.69) is 77.9 Å². The van der Waals surface area contributed by atoms with Crippen LogP contribution in [0.5, 0.6) is 69.0 Å². The highest BCUT2D eigenvalue weighted by Crippen LogP contribution is 2.50. The Hall–Kier alpha value is -8.22. The van der Waals surface area contributed by atoms with Crippen molar-refractivity contribution in [3.05, 3.63) is 215 Å². The molecule has 0 aliphatic carbocycles. The molecule has 0 amide bonds. The molecule has 10 rings (SSSR count). The molecular formula is C60H48O6. The first-order valence-corrected chi connectivity index (χ1v) is 22.1. The first kappa shape index (κ1) is 41.8. The molecule has 0 spiro atoms. The number of ether oxygens (including phenoxy) is 6. The molecule has 0 fully saturated rings. The highest BCUT2D eigenvalue weighted by atomic mass is 16.5. The third-order valence-electron chi connectivity index (χ3n) is 11.6. The van der Waals surface area contributed by atoms with Crippen LogP contribution in [0.4, 0.5) is 0 Å². The lowest BCUT2D eigenvalue weighted by atomic mass is 9.93. The van der Waals surface area contributed by atoms with E-state index in [1.54, 1.807) is 0 Å². The standard InChI is InChI=1S/C60H48O6/c1-37-7-19-43(20-8-37)61-55-31-49-50(32-56(55)62-44-21-9-38(2)10-22-44)52-34-58(64-46-25-13-40(4)14-26-46)60(66-48-29-17-42(6)18-30-48)36-54(52)53-35-59(65-47-27-15-41(5)16-28-47)57(33-51(49)53)63-45-23-11-39(3)12-24-45/h7-36H,1-6H3. The van der Waals surface area contributed by atoms with Gasteiger partial charge in [-0.3, -0.25) is 0 Å². The van der Waals surface area contributed by atoms with Gasteiger partial charge < -0.3 is 28.4 Å². The number of rotatable bonds is 12. The number of benzene rings is 10. The van der Waals surface area contributed by atoms with Gasteiger partial charge in [-0.05, 0) is 183 Å². The van der Waals surface area contributed by atoms with Crippen molar-refractivity contribution in [3.8, 4) is 69.0 Å². The Morgan fingerprint density at radius 2 is 0.303 bits per heavy atom. The van der Waals surface area contributed by atoms with Gasteiger partial charge >= 0.3 is 0 Å². The first-order chi connectivity index (χ1) is 32.1. The van der Waals surface area contributed by atoms with Crippen molar-refractivity contribution in [2.24, 2.45) is 0 Å². The van der Waals surface area contributed by atoms with Crippen LogP contribution in [0.3, 0.4) is 0 Å². The Kier molecular flexibility index (Phi) is 11.2. The molecule has 0 aromatic heterocycles. The normalized spacial score (nSPS) is 11.2. The Morgan fingerprint density at radius 3 is 0.424 bits per heavy atom. The molecule has 0 saturated carbocycles. The second-order valence-corrected chi connectivity index (χ2v) is 17.0. The van der Waals surface area contributed by atoms with E-state index in [9.17, 15) is 0 Å². The van der Waals surface area contributed by atoms with E-state index >= 15 is 0 Å². The summed E-state index contributed by atoms with van der Waals surface area (Å²) in [6.45, 7) is 12.4. The molecule has 10 aromatic rings. The van der Waals surface area contributed by atoms with Crippen LogP contribution in [-0.2, 0) is 0 Å². The molecule has 66 heavy (non-hydrogen) atoms. The number of aryl methyl sites for hydroxylation is 6. The lowest BCUT2D eigenvalue weighted by molar-refractivity contribution is 0.419. The van der Waals surface area contributed by atoms with Gasteiger partial charge in [-0.1, -0.05) is 106 Å². The van der Waals surface area contributed by atoms with E-state index in [1.165, 1.54) is 0 Å². The minimum atomic E-state index is 0.545. The summed E-state index contributed by atoms with van der Waals surface area (Å²) in [5.41, 5.74) is 6.80. The van der Waals surface area contributed by atoms with E-state index in [0.717, 1.165) is 65.7 Å². The molecule has 0 atom stereocenters. The molecule has 0 saturated heterocycles. The van der Waals surface area contributed by atoms with Crippen LogP contribution in [0.2, 0.25) is 0 Å². The quantitative estimate of drug-likeness (QED) is 0.114. The average Bonchev–Trinajstić information content (AvgIpc) is 3.32. The Bertz CT molecular complexity index is 2740. The second kappa shape index (κ2) is 17.7. The second-order valence-electron chi connectivity index (χ2n) is 17.0. The van der Waals surface area contributed by atoms with Gasteiger partial charge in [0.05, 0.1) is 0 Å². The average molecular weight is 865 g/mol. The summed E-state index contributed by atoms with van der Waals surface area (Å²) in [4.78, 5) is 0. The third-order valence-corrected chi connectivity index (χ3v) is 11.6. The van der Waals surface area contributed by atoms with Crippen molar-refractivity contribution < 1.29 is 28.4 Å². The molecule has 0 heterocycles. The SMILES string of the molecule is Cc1ccc(Oc2cc3c4cc(Oc5ccc(C)cc5)c(Oc5ccc(C)cc5)cc4c4cc(Oc5ccc(C)cc5)c(Oc5ccc(C)cc5)cc4c3cc2Oc2ccc(C)cc2)cc1. The van der Waals surface area contributed by atoms with Gasteiger partial charge in [0.2, 0.25) is 0 Å². The number of hydrogen-bond donors (Lipinski definition) is 0. The molecule has 0 aliphatic rings. The Morgan fingerprint density at radius 1 is 0.182 bits per heavy atom. The van der Waals surface area contributed by atoms with Gasteiger partial charge in [0, 0.05) is 0 Å². The maximum Gasteiger partial charge on any atom is 0.170 e. The van der Waals surface area contributed by atoms with Crippen molar-refractivity contribution >= 4 is 32.3 Å². The topological polar surface area (TPSA) is 55.4 Å². The van der Waals surface area contributed by atoms with Gasteiger partial charge in [0.15, 0.2) is 34.5 Å². The maximum absolute atomic E-state index is 6.76. The summed E-state index contributed by atoms with van der Waals surface area (Å²) in [7, 11) is 0. The predicted octanol–water partition coefficient (Wildman–Crippen LogP) is 17.8. The number of hydrogen-bond acceptors (Lipinski definition) is 6. The summed E-state index contributed by atoms with van der Waals surface area (Å²) in [6, 6.07) is 60.5. The molecule has 6 heteroatoms. The lowest BCUT2D eigenvalue weighted by Crippen LogP contribution is -1.96. The van der Waals surface area contributed by atoms with Crippen LogP contribution < -0.4 is 28.4 Å². The molecule has 0 unspecified atom stereocenters. The van der Waals surface area contributed by atoms with Gasteiger partial charge in [0.1, 0.15) is 34.5 Å². The molecule has 324 valence electrons. The van der Waals surface area contributed by atoms with Crippen LogP contribution >= 0.6 is 0 Å². The van der Waals surface area contributed by atoms with Crippen LogP contribution in [0.1, 0.15) is 33.4 Å². The van der Waals surface area contributed by atoms with Crippen molar-refractivity contribution in [1.82, 2.24) is 0 Å². The first-order valence-electron chi connectivity index (χ1n) is 22.1. The van der Waals surface area contributed by atoms with Crippen LogP contribution in [-0.4, -0.2) is 0 Å². The molecular weight excluding hydrogens is 817 g/mol. The van der Waals surface area contributed by atoms with Crippen molar-refractivity contribution in [1.29, 1.82) is 0 Å². The molecule has 0 N–H and O–H groups in total. The zero-order valence-corrected chi connectivity index (χ0v) is 37.8. The zero-order chi connectivity index (χ0) is 45.3. The van der Waals surface area contributed by atoms with Crippen LogP contribution in [0.25, 0.3) is 32.3 Å². The van der Waals surface area contributed by atoms with E-state index < -0.39 is 0 Å². The minimum Gasteiger partial charge on any atom is -0.453 e. The summed E-state index contributed by atoms with van der Waals surface area (Å²) in [6.07, 6.45) is 0. The van der Waals surface area contributed by atoms with Gasteiger partial charge in [-0.2, -0.15) is 0 Å². The van der Waals surface area contributed by atoms with Crippen molar-refractivity contribution in [3.63, 3.8) is 0 Å². The maximum atomic E-state index is 6.76. The summed E-state index contributed by atoms with van der Waals surface area (Å²) in [5, 5.41) is 5.42. The minimum absolute atomic E-state index is 0.545. The largest absolute Gasteiger partial charge is 0.453 e. The Labute approximate surface area is 385 Å². The van der Waals surface area contributed by atoms with Gasteiger partial charge in [-0.25, -0.2) is 0 Å². The molecule has 6 nitrogen and oxygen atoms in total. The monoisotopic (exact) mass is 864 g/mol. The summed E-state index contributed by atoms with van der Waals surface area (Å²) < 4.78 is 40.6. The summed E-state index contributed by atoms with van der Waals surface area (Å²) >= 11 is 0. The molecule has 0 bridgehead atoms. The van der Waals surface area contributed by atoms with E-state index in [4.69, 9.17) is 28.4 Å². The third kappa shape index (κ3) is 9.08. The summed E-state index contributed by atoms with van der Waals surface area (Å²) in [5.74, 6) is 7.37. The van der Waals surface area contributed by atoms with E-state index in [-0.39, 0.29) is 0 Å². The van der Waals surface area contributed by atoms with Crippen LogP contribution in [0, 0.1) is 41.5 Å². The fourth-order valence-electron chi connectivity index (χ4n) is 7.90. The van der Waals surface area contributed by atoms with Gasteiger partial charge in [-0.15, -0.1) is 0 Å². The Balaban J connectivity index is 1.28. The molecule has 10 aromatic carbocycles. The van der Waals surface area contributed by atoms with Gasteiger partial charge in [0.25, 0.3) is 0 Å². The highest BCUT2D eigenvalue weighted by molar-refractivity contribution is 6.27. The predicted molar refractivity (Wildman–Crippen MR) is 266 cm³/mol. The van der Waals surface area contributed by atoms with Crippen LogP contribution in [0.15, 0.2) is 182 Å². The fourth-order valence-corrected chi connectivity index (χ4v) is 7.90. The van der Waals surface area contributed by atoms with E-state index in [1.807, 2.05) is 146 Å². The lowest BCUT2D eigenvalue weighted by Gasteiger charge is -2.20. The molecule has 0 aliphatic heterocycles. The highest BCUT2D eigenvalue weighted by Gasteiger charge is 2.22. The zero-order valence-electron chi connectivity index (χ0n) is 37.8. The molecule has 0 radical (unpaired) electrons. The van der Waals surface area contributed by atoms with E-state index in [0.29, 0.717) is 69.0 Å². The fraction of sp³-hybridized carbons (Fsp3) is 0.100.